The summed E-state index contributed by atoms with van der Waals surface area (Å²) in [5.41, 5.74) is 0. The number of halogens is 7. The Bertz CT molecular complexity index is 613. The van der Waals surface area contributed by atoms with E-state index in [0.29, 0.717) is 13.5 Å². The number of ether oxygens (including phenoxy) is 1. The van der Waals surface area contributed by atoms with Crippen molar-refractivity contribution in [2.24, 2.45) is 0 Å². The predicted molar refractivity (Wildman–Crippen MR) is 124 cm³/mol. The van der Waals surface area contributed by atoms with Gasteiger partial charge < -0.3 is 9.64 Å². The number of carbonyl (C=O) groups is 2. The van der Waals surface area contributed by atoms with E-state index < -0.39 is 36.4 Å². The number of likely N-dealkylation sites (N-methyl/N-ethyl adjacent to an activating group) is 1. The van der Waals surface area contributed by atoms with Gasteiger partial charge in [-0.15, -0.1) is 0 Å². The molecule has 36 heavy (non-hydrogen) atoms. The van der Waals surface area contributed by atoms with Gasteiger partial charge in [0.15, 0.2) is 0 Å². The Kier molecular flexibility index (Phi) is 17.1. The number of nitrogens with zero attached hydrogens (tertiary/aromatic N) is 1. The lowest BCUT2D eigenvalue weighted by atomic mass is 10.0. The van der Waals surface area contributed by atoms with Crippen molar-refractivity contribution >= 4 is 11.9 Å². The first-order valence-corrected chi connectivity index (χ1v) is 13.0. The van der Waals surface area contributed by atoms with Gasteiger partial charge in [0.1, 0.15) is 6.54 Å². The second-order valence-corrected chi connectivity index (χ2v) is 9.33. The summed E-state index contributed by atoms with van der Waals surface area (Å²) in [5, 5.41) is 0. The van der Waals surface area contributed by atoms with Gasteiger partial charge in [-0.2, -0.15) is 30.7 Å². The quantitative estimate of drug-likeness (QED) is 0.0845. The van der Waals surface area contributed by atoms with Gasteiger partial charge in [0.2, 0.25) is 0 Å². The molecule has 0 aromatic carbocycles. The fourth-order valence-electron chi connectivity index (χ4n) is 3.70. The zero-order valence-corrected chi connectivity index (χ0v) is 21.5. The summed E-state index contributed by atoms with van der Waals surface area (Å²) in [4.78, 5) is 22.8. The van der Waals surface area contributed by atoms with Gasteiger partial charge in [0.05, 0.1) is 6.61 Å². The zero-order valence-electron chi connectivity index (χ0n) is 21.5. The van der Waals surface area contributed by atoms with Crippen LogP contribution in [0.1, 0.15) is 110 Å². The van der Waals surface area contributed by atoms with E-state index in [1.54, 1.807) is 0 Å². The number of hydrogen-bond donors (Lipinski definition) is 0. The molecule has 0 saturated carbocycles. The maximum Gasteiger partial charge on any atom is 0.460 e. The van der Waals surface area contributed by atoms with Crippen molar-refractivity contribution in [3.05, 3.63) is 0 Å². The summed E-state index contributed by atoms with van der Waals surface area (Å²) in [7, 11) is 0.526. The SMILES string of the molecule is CCCCCCCCCCCCCCCCCCOC(=O)CN(C)C(=O)C(F)(F)C(F)(F)C(F)(F)F. The lowest BCUT2D eigenvalue weighted by molar-refractivity contribution is -0.345. The molecular weight excluding hydrogens is 495 g/mol. The van der Waals surface area contributed by atoms with Crippen molar-refractivity contribution in [3.8, 4) is 0 Å². The minimum absolute atomic E-state index is 0.0611. The predicted octanol–water partition coefficient (Wildman–Crippen LogP) is 8.08. The molecule has 0 aliphatic carbocycles. The van der Waals surface area contributed by atoms with Gasteiger partial charge in [-0.1, -0.05) is 103 Å². The Morgan fingerprint density at radius 3 is 1.36 bits per heavy atom. The lowest BCUT2D eigenvalue weighted by Gasteiger charge is -2.29. The summed E-state index contributed by atoms with van der Waals surface area (Å²) in [5.74, 6) is -16.6. The van der Waals surface area contributed by atoms with Gasteiger partial charge >= 0.3 is 24.0 Å². The minimum Gasteiger partial charge on any atom is -0.464 e. The third-order valence-corrected chi connectivity index (χ3v) is 5.99. The molecular formula is C25H42F7NO3. The van der Waals surface area contributed by atoms with Crippen LogP contribution < -0.4 is 0 Å². The van der Waals surface area contributed by atoms with Crippen LogP contribution in [0.15, 0.2) is 0 Å². The van der Waals surface area contributed by atoms with Gasteiger partial charge in [-0.3, -0.25) is 9.59 Å². The second kappa shape index (κ2) is 17.8. The van der Waals surface area contributed by atoms with E-state index >= 15 is 0 Å². The molecule has 0 fully saturated rings. The summed E-state index contributed by atoms with van der Waals surface area (Å²) in [6.07, 6.45) is 11.9. The van der Waals surface area contributed by atoms with E-state index in [9.17, 15) is 40.3 Å². The molecule has 0 heterocycles. The molecule has 0 radical (unpaired) electrons. The number of amides is 1. The average Bonchev–Trinajstić information content (AvgIpc) is 2.79. The molecule has 0 bridgehead atoms. The van der Waals surface area contributed by atoms with Crippen molar-refractivity contribution in [2.75, 3.05) is 20.2 Å². The normalized spacial score (nSPS) is 12.6. The van der Waals surface area contributed by atoms with E-state index in [0.717, 1.165) is 25.7 Å². The Balaban J connectivity index is 3.80. The number of carbonyl (C=O) groups excluding carboxylic acids is 2. The highest BCUT2D eigenvalue weighted by Crippen LogP contribution is 2.47. The highest BCUT2D eigenvalue weighted by Gasteiger charge is 2.76. The first-order valence-electron chi connectivity index (χ1n) is 13.0. The summed E-state index contributed by atoms with van der Waals surface area (Å²) >= 11 is 0. The highest BCUT2D eigenvalue weighted by molar-refractivity contribution is 5.87. The molecule has 1 amide bonds. The van der Waals surface area contributed by atoms with Gasteiger partial charge in [0.25, 0.3) is 5.91 Å². The topological polar surface area (TPSA) is 46.6 Å². The Labute approximate surface area is 210 Å². The van der Waals surface area contributed by atoms with Crippen LogP contribution >= 0.6 is 0 Å². The molecule has 0 atom stereocenters. The van der Waals surface area contributed by atoms with Crippen LogP contribution in [0.3, 0.4) is 0 Å². The van der Waals surface area contributed by atoms with Gasteiger partial charge in [0, 0.05) is 7.05 Å². The van der Waals surface area contributed by atoms with Crippen LogP contribution in [0.2, 0.25) is 0 Å². The molecule has 0 aliphatic heterocycles. The molecule has 0 saturated heterocycles. The van der Waals surface area contributed by atoms with E-state index in [-0.39, 0.29) is 11.5 Å². The first-order chi connectivity index (χ1) is 16.8. The van der Waals surface area contributed by atoms with Crippen LogP contribution in [0.5, 0.6) is 0 Å². The van der Waals surface area contributed by atoms with Crippen molar-refractivity contribution in [1.82, 2.24) is 4.90 Å². The monoisotopic (exact) mass is 537 g/mol. The highest BCUT2D eigenvalue weighted by atomic mass is 19.4. The summed E-state index contributed by atoms with van der Waals surface area (Å²) in [6.45, 7) is 0.989. The Hall–Kier alpha value is -1.55. The second-order valence-electron chi connectivity index (χ2n) is 9.33. The largest absolute Gasteiger partial charge is 0.464 e. The van der Waals surface area contributed by atoms with Crippen LogP contribution in [-0.4, -0.2) is 55.0 Å². The number of unbranched alkanes of at least 4 members (excludes halogenated alkanes) is 15. The van der Waals surface area contributed by atoms with Crippen molar-refractivity contribution in [2.45, 2.75) is 128 Å². The minimum atomic E-state index is -6.62. The molecule has 0 aromatic rings. The van der Waals surface area contributed by atoms with Crippen molar-refractivity contribution in [3.63, 3.8) is 0 Å². The van der Waals surface area contributed by atoms with E-state index in [2.05, 4.69) is 6.92 Å². The maximum atomic E-state index is 13.4. The average molecular weight is 538 g/mol. The van der Waals surface area contributed by atoms with E-state index in [1.165, 1.54) is 70.6 Å². The van der Waals surface area contributed by atoms with Crippen LogP contribution in [0.25, 0.3) is 0 Å². The third kappa shape index (κ3) is 13.1. The maximum absolute atomic E-state index is 13.4. The fraction of sp³-hybridized carbons (Fsp3) is 0.920. The van der Waals surface area contributed by atoms with E-state index in [4.69, 9.17) is 4.74 Å². The molecule has 4 nitrogen and oxygen atoms in total. The first kappa shape index (κ1) is 34.5. The molecule has 0 aliphatic rings. The summed E-state index contributed by atoms with van der Waals surface area (Å²) < 4.78 is 94.0. The van der Waals surface area contributed by atoms with E-state index in [1.807, 2.05) is 0 Å². The third-order valence-electron chi connectivity index (χ3n) is 5.99. The summed E-state index contributed by atoms with van der Waals surface area (Å²) in [6, 6.07) is 0. The molecule has 0 rings (SSSR count). The smallest absolute Gasteiger partial charge is 0.460 e. The lowest BCUT2D eigenvalue weighted by Crippen LogP contribution is -2.60. The number of alkyl halides is 7. The molecule has 0 aromatic heterocycles. The van der Waals surface area contributed by atoms with Gasteiger partial charge in [-0.05, 0) is 6.42 Å². The van der Waals surface area contributed by atoms with Gasteiger partial charge in [-0.25, -0.2) is 0 Å². The van der Waals surface area contributed by atoms with Crippen LogP contribution in [-0.2, 0) is 14.3 Å². The van der Waals surface area contributed by atoms with Crippen molar-refractivity contribution in [1.29, 1.82) is 0 Å². The molecule has 214 valence electrons. The number of hydrogen-bond acceptors (Lipinski definition) is 3. The van der Waals surface area contributed by atoms with Crippen LogP contribution in [0.4, 0.5) is 30.7 Å². The molecule has 0 N–H and O–H groups in total. The molecule has 0 spiro atoms. The van der Waals surface area contributed by atoms with Crippen LogP contribution in [0, 0.1) is 0 Å². The number of esters is 1. The zero-order chi connectivity index (χ0) is 27.7. The standard InChI is InChI=1S/C25H42F7NO3/c1-3-4-5-6-7-8-9-10-11-12-13-14-15-16-17-18-19-36-21(34)20-33(2)22(35)23(26,27)24(28,29)25(30,31)32/h3-20H2,1-2H3. The Morgan fingerprint density at radius 1 is 0.639 bits per heavy atom. The molecule has 11 heteroatoms. The Morgan fingerprint density at radius 2 is 1.00 bits per heavy atom. The number of rotatable bonds is 21. The fourth-order valence-corrected chi connectivity index (χ4v) is 3.70. The molecule has 0 unspecified atom stereocenters. The van der Waals surface area contributed by atoms with Crippen molar-refractivity contribution < 1.29 is 45.1 Å².